The lowest BCUT2D eigenvalue weighted by Gasteiger charge is -2.54. The molecule has 0 unspecified atom stereocenters. The van der Waals surface area contributed by atoms with Gasteiger partial charge in [0.2, 0.25) is 5.91 Å². The highest BCUT2D eigenvalue weighted by Crippen LogP contribution is 2.64. The van der Waals surface area contributed by atoms with Crippen molar-refractivity contribution in [3.8, 4) is 0 Å². The van der Waals surface area contributed by atoms with E-state index < -0.39 is 11.0 Å². The van der Waals surface area contributed by atoms with Crippen molar-refractivity contribution in [2.75, 3.05) is 6.54 Å². The summed E-state index contributed by atoms with van der Waals surface area (Å²) in [4.78, 5) is 39.8. The molecule has 0 bridgehead atoms. The number of carbonyl (C=O) groups is 3. The zero-order valence-corrected chi connectivity index (χ0v) is 12.0. The van der Waals surface area contributed by atoms with E-state index >= 15 is 0 Å². The van der Waals surface area contributed by atoms with Crippen molar-refractivity contribution in [3.05, 3.63) is 0 Å². The smallest absolute Gasteiger partial charge is 0.223 e. The average Bonchev–Trinajstić information content (AvgIpc) is 2.93. The van der Waals surface area contributed by atoms with Gasteiger partial charge in [0.25, 0.3) is 0 Å². The van der Waals surface area contributed by atoms with Crippen LogP contribution in [0.5, 0.6) is 0 Å². The van der Waals surface area contributed by atoms with E-state index in [1.165, 1.54) is 0 Å². The molecule has 108 valence electrons. The van der Waals surface area contributed by atoms with E-state index in [2.05, 4.69) is 6.92 Å². The minimum absolute atomic E-state index is 0.0912. The second-order valence-electron chi connectivity index (χ2n) is 7.27. The molecule has 0 N–H and O–H groups in total. The Balaban J connectivity index is 1.91. The van der Waals surface area contributed by atoms with Gasteiger partial charge in [-0.1, -0.05) is 6.92 Å². The highest BCUT2D eigenvalue weighted by Gasteiger charge is 2.74. The number of Topliss-reactive ketones (excluding diaryl/α,β-unsaturated/α-hetero) is 2. The third-order valence-corrected chi connectivity index (χ3v) is 6.46. The molecule has 2 spiro atoms. The summed E-state index contributed by atoms with van der Waals surface area (Å²) >= 11 is 0. The molecule has 4 heteroatoms. The summed E-state index contributed by atoms with van der Waals surface area (Å²) in [6, 6.07) is 0. The molecule has 2 saturated heterocycles. The molecule has 2 aliphatic carbocycles. The highest BCUT2D eigenvalue weighted by atomic mass is 16.2. The molecule has 4 nitrogen and oxygen atoms in total. The van der Waals surface area contributed by atoms with Crippen LogP contribution in [0.4, 0.5) is 0 Å². The summed E-state index contributed by atoms with van der Waals surface area (Å²) in [5.74, 6) is 1.10. The largest absolute Gasteiger partial charge is 0.329 e. The van der Waals surface area contributed by atoms with Crippen molar-refractivity contribution in [2.45, 2.75) is 57.4 Å². The third kappa shape index (κ3) is 1.14. The molecule has 4 aliphatic rings. The molecule has 0 aromatic heterocycles. The first kappa shape index (κ1) is 12.5. The predicted molar refractivity (Wildman–Crippen MR) is 71.9 cm³/mol. The molecule has 20 heavy (non-hydrogen) atoms. The van der Waals surface area contributed by atoms with E-state index in [4.69, 9.17) is 0 Å². The zero-order valence-electron chi connectivity index (χ0n) is 12.0. The topological polar surface area (TPSA) is 54.5 Å². The number of piperidine rings is 1. The van der Waals surface area contributed by atoms with Crippen LogP contribution in [-0.4, -0.2) is 34.5 Å². The second kappa shape index (κ2) is 3.71. The van der Waals surface area contributed by atoms with Gasteiger partial charge in [0.1, 0.15) is 11.3 Å². The molecule has 2 heterocycles. The summed E-state index contributed by atoms with van der Waals surface area (Å²) in [5, 5.41) is 0. The Bertz CT molecular complexity index is 528. The van der Waals surface area contributed by atoms with Crippen LogP contribution in [0.3, 0.4) is 0 Å². The van der Waals surface area contributed by atoms with E-state index in [-0.39, 0.29) is 23.4 Å². The number of hydrogen-bond acceptors (Lipinski definition) is 3. The molecule has 0 radical (unpaired) electrons. The van der Waals surface area contributed by atoms with Crippen LogP contribution in [-0.2, 0) is 14.4 Å². The first-order valence-electron chi connectivity index (χ1n) is 7.89. The van der Waals surface area contributed by atoms with Gasteiger partial charge >= 0.3 is 0 Å². The molecule has 4 fully saturated rings. The number of rotatable bonds is 0. The summed E-state index contributed by atoms with van der Waals surface area (Å²) < 4.78 is 0. The summed E-state index contributed by atoms with van der Waals surface area (Å²) in [5.41, 5.74) is -1.27. The SMILES string of the molecule is C[C@H]1CC(=O)[C@]23CCC(=O)N4CCC[C@@]42C(=O)C[C@@H]3C1. The van der Waals surface area contributed by atoms with Crippen molar-refractivity contribution in [2.24, 2.45) is 17.3 Å². The van der Waals surface area contributed by atoms with E-state index in [1.54, 1.807) is 4.90 Å². The molecule has 4 rings (SSSR count). The molecule has 2 saturated carbocycles. The van der Waals surface area contributed by atoms with Gasteiger partial charge in [0.15, 0.2) is 5.78 Å². The Hall–Kier alpha value is -1.19. The van der Waals surface area contributed by atoms with E-state index in [0.717, 1.165) is 12.8 Å². The molecule has 0 aromatic carbocycles. The van der Waals surface area contributed by atoms with Gasteiger partial charge in [-0.15, -0.1) is 0 Å². The van der Waals surface area contributed by atoms with Gasteiger partial charge in [-0.05, 0) is 37.5 Å². The van der Waals surface area contributed by atoms with Crippen molar-refractivity contribution in [1.29, 1.82) is 0 Å². The van der Waals surface area contributed by atoms with Gasteiger partial charge in [-0.2, -0.15) is 0 Å². The Kier molecular flexibility index (Phi) is 2.33. The predicted octanol–water partition coefficient (Wildman–Crippen LogP) is 1.72. The van der Waals surface area contributed by atoms with Crippen LogP contribution in [0, 0.1) is 17.3 Å². The maximum Gasteiger partial charge on any atom is 0.223 e. The van der Waals surface area contributed by atoms with Crippen molar-refractivity contribution in [1.82, 2.24) is 4.90 Å². The number of carbonyl (C=O) groups excluding carboxylic acids is 3. The Labute approximate surface area is 118 Å². The van der Waals surface area contributed by atoms with Gasteiger partial charge in [-0.3, -0.25) is 14.4 Å². The number of amides is 1. The highest BCUT2D eigenvalue weighted by molar-refractivity contribution is 6.06. The van der Waals surface area contributed by atoms with Gasteiger partial charge < -0.3 is 4.90 Å². The van der Waals surface area contributed by atoms with Crippen LogP contribution < -0.4 is 0 Å². The minimum atomic E-state index is -0.746. The van der Waals surface area contributed by atoms with E-state index in [0.29, 0.717) is 44.6 Å². The van der Waals surface area contributed by atoms with E-state index in [9.17, 15) is 14.4 Å². The lowest BCUT2D eigenvalue weighted by Crippen LogP contribution is -2.67. The standard InChI is InChI=1S/C16H21NO3/c1-10-7-11-9-13(19)16-4-2-6-17(16)14(20)3-5-15(11,16)12(18)8-10/h10-11H,2-9H2,1H3/t10-,11+,15-,16+/m1/s1. The Morgan fingerprint density at radius 2 is 1.90 bits per heavy atom. The van der Waals surface area contributed by atoms with E-state index in [1.807, 2.05) is 0 Å². The van der Waals surface area contributed by atoms with Crippen LogP contribution >= 0.6 is 0 Å². The Morgan fingerprint density at radius 3 is 2.70 bits per heavy atom. The Morgan fingerprint density at radius 1 is 1.10 bits per heavy atom. The fraction of sp³-hybridized carbons (Fsp3) is 0.812. The number of ketones is 2. The molecule has 4 atom stereocenters. The van der Waals surface area contributed by atoms with Gasteiger partial charge in [0, 0.05) is 25.8 Å². The molecular formula is C16H21NO3. The normalized spacial score (nSPS) is 47.2. The summed E-state index contributed by atoms with van der Waals surface area (Å²) in [7, 11) is 0. The van der Waals surface area contributed by atoms with Crippen LogP contribution in [0.1, 0.15) is 51.9 Å². The fourth-order valence-corrected chi connectivity index (χ4v) is 5.86. The average molecular weight is 275 g/mol. The van der Waals surface area contributed by atoms with Crippen molar-refractivity contribution < 1.29 is 14.4 Å². The maximum atomic E-state index is 12.9. The minimum Gasteiger partial charge on any atom is -0.329 e. The van der Waals surface area contributed by atoms with Crippen LogP contribution in [0.2, 0.25) is 0 Å². The second-order valence-corrected chi connectivity index (χ2v) is 7.27. The third-order valence-electron chi connectivity index (χ3n) is 6.46. The lowest BCUT2D eigenvalue weighted by atomic mass is 9.54. The zero-order chi connectivity index (χ0) is 14.1. The van der Waals surface area contributed by atoms with Crippen LogP contribution in [0.15, 0.2) is 0 Å². The monoisotopic (exact) mass is 275 g/mol. The molecular weight excluding hydrogens is 254 g/mol. The molecule has 1 amide bonds. The molecule has 2 aliphatic heterocycles. The number of hydrogen-bond donors (Lipinski definition) is 0. The first-order chi connectivity index (χ1) is 9.52. The van der Waals surface area contributed by atoms with Crippen molar-refractivity contribution >= 4 is 17.5 Å². The number of nitrogens with zero attached hydrogens (tertiary/aromatic N) is 1. The maximum absolute atomic E-state index is 12.9. The fourth-order valence-electron chi connectivity index (χ4n) is 5.86. The lowest BCUT2D eigenvalue weighted by molar-refractivity contribution is -0.166. The van der Waals surface area contributed by atoms with Crippen LogP contribution in [0.25, 0.3) is 0 Å². The quantitative estimate of drug-likeness (QED) is 0.676. The summed E-state index contributed by atoms with van der Waals surface area (Å²) in [6.07, 6.45) is 4.73. The van der Waals surface area contributed by atoms with Gasteiger partial charge in [-0.25, -0.2) is 0 Å². The summed E-state index contributed by atoms with van der Waals surface area (Å²) in [6.45, 7) is 2.78. The molecule has 0 aromatic rings. The van der Waals surface area contributed by atoms with Gasteiger partial charge in [0.05, 0.1) is 5.41 Å². The first-order valence-corrected chi connectivity index (χ1v) is 7.89. The van der Waals surface area contributed by atoms with Crippen molar-refractivity contribution in [3.63, 3.8) is 0 Å².